The number of rotatable bonds is 4. The summed E-state index contributed by atoms with van der Waals surface area (Å²) in [7, 11) is 5.10. The molecule has 0 amide bonds. The molecule has 0 aliphatic rings. The highest BCUT2D eigenvalue weighted by Gasteiger charge is 2.23. The van der Waals surface area contributed by atoms with Crippen molar-refractivity contribution in [3.63, 3.8) is 0 Å². The van der Waals surface area contributed by atoms with Gasteiger partial charge in [0.2, 0.25) is 0 Å². The van der Waals surface area contributed by atoms with Crippen LogP contribution in [0.2, 0.25) is 0 Å². The Bertz CT molecular complexity index is 333. The third kappa shape index (κ3) is 3.22. The number of benzene rings is 1. The highest BCUT2D eigenvalue weighted by atomic mass is 31.2. The molecule has 0 N–H and O–H groups in total. The third-order valence-corrected chi connectivity index (χ3v) is 7.36. The Morgan fingerprint density at radius 1 is 1.00 bits per heavy atom. The summed E-state index contributed by atoms with van der Waals surface area (Å²) in [5.41, 5.74) is 2.33. The van der Waals surface area contributed by atoms with Crippen molar-refractivity contribution >= 4 is 20.8 Å². The van der Waals surface area contributed by atoms with Gasteiger partial charge < -0.3 is 0 Å². The maximum absolute atomic E-state index is 6.56. The first kappa shape index (κ1) is 13.5. The topological polar surface area (TPSA) is 0 Å². The van der Waals surface area contributed by atoms with Crippen LogP contribution in [-0.2, 0) is 0 Å². The van der Waals surface area contributed by atoms with Gasteiger partial charge in [0.25, 0.3) is 0 Å². The zero-order valence-electron chi connectivity index (χ0n) is 10.7. The Morgan fingerprint density at radius 3 is 1.94 bits per heavy atom. The standard InChI is InChI=1S/C14H21BP/c1-12(2)16(15,13(3)4)11-10-14-8-6-5-7-9-14/h5-13H,1-4H3/b11-10-. The van der Waals surface area contributed by atoms with Crippen LogP contribution < -0.4 is 0 Å². The van der Waals surface area contributed by atoms with Crippen LogP contribution in [0, 0.1) is 0 Å². The fraction of sp³-hybridized carbons (Fsp3) is 0.429. The molecular formula is C14H21BP. The average molecular weight is 231 g/mol. The second-order valence-electron chi connectivity index (χ2n) is 4.81. The summed E-state index contributed by atoms with van der Waals surface area (Å²) in [5.74, 6) is 2.26. The van der Waals surface area contributed by atoms with E-state index in [0.717, 1.165) is 0 Å². The highest BCUT2D eigenvalue weighted by molar-refractivity contribution is 8.00. The van der Waals surface area contributed by atoms with Crippen LogP contribution in [0.4, 0.5) is 0 Å². The van der Waals surface area contributed by atoms with E-state index in [9.17, 15) is 0 Å². The van der Waals surface area contributed by atoms with E-state index in [-0.39, 0.29) is 0 Å². The van der Waals surface area contributed by atoms with Crippen LogP contribution in [0.1, 0.15) is 33.3 Å². The second kappa shape index (κ2) is 5.68. The lowest BCUT2D eigenvalue weighted by Crippen LogP contribution is -2.13. The minimum Gasteiger partial charge on any atom is -0.299 e. The molecule has 85 valence electrons. The molecule has 1 rings (SSSR count). The molecule has 2 heteroatoms. The van der Waals surface area contributed by atoms with Gasteiger partial charge in [-0.1, -0.05) is 30.3 Å². The van der Waals surface area contributed by atoms with Crippen molar-refractivity contribution in [2.24, 2.45) is 0 Å². The van der Waals surface area contributed by atoms with Gasteiger partial charge in [0.15, 0.2) is 0 Å². The summed E-state index contributed by atoms with van der Waals surface area (Å²) in [6.45, 7) is 8.90. The third-order valence-electron chi connectivity index (χ3n) is 3.11. The Morgan fingerprint density at radius 2 is 1.50 bits per heavy atom. The molecule has 0 atom stereocenters. The van der Waals surface area contributed by atoms with Gasteiger partial charge in [-0.15, -0.1) is 0 Å². The summed E-state index contributed by atoms with van der Waals surface area (Å²) in [6.07, 6.45) is 2.17. The fourth-order valence-electron chi connectivity index (χ4n) is 1.72. The lowest BCUT2D eigenvalue weighted by Gasteiger charge is -2.41. The minimum atomic E-state index is -1.46. The van der Waals surface area contributed by atoms with Crippen molar-refractivity contribution in [2.45, 2.75) is 39.0 Å². The Kier molecular flexibility index (Phi) is 4.80. The predicted molar refractivity (Wildman–Crippen MR) is 78.4 cm³/mol. The molecule has 0 saturated heterocycles. The zero-order chi connectivity index (χ0) is 12.2. The molecule has 0 saturated carbocycles. The summed E-state index contributed by atoms with van der Waals surface area (Å²) in [5, 5.41) is 0. The van der Waals surface area contributed by atoms with Crippen LogP contribution in [0.5, 0.6) is 0 Å². The molecule has 0 aromatic heterocycles. The van der Waals surface area contributed by atoms with Crippen LogP contribution >= 0.6 is 7.14 Å². The Hall–Kier alpha value is -0.545. The molecule has 0 unspecified atom stereocenters. The minimum absolute atomic E-state index is 0.549. The van der Waals surface area contributed by atoms with Gasteiger partial charge >= 0.3 is 0 Å². The quantitative estimate of drug-likeness (QED) is 0.525. The molecule has 0 aliphatic heterocycles. The van der Waals surface area contributed by atoms with Crippen molar-refractivity contribution in [3.05, 3.63) is 41.7 Å². The molecule has 0 fully saturated rings. The molecular weight excluding hydrogens is 210 g/mol. The first-order chi connectivity index (χ1) is 7.47. The van der Waals surface area contributed by atoms with E-state index in [1.165, 1.54) is 5.56 Å². The average Bonchev–Trinajstić information content (AvgIpc) is 2.26. The molecule has 16 heavy (non-hydrogen) atoms. The summed E-state index contributed by atoms with van der Waals surface area (Å²) in [4.78, 5) is 0. The molecule has 0 bridgehead atoms. The first-order valence-corrected chi connectivity index (χ1v) is 7.94. The molecule has 1 aromatic rings. The van der Waals surface area contributed by atoms with E-state index in [1.807, 2.05) is 6.07 Å². The van der Waals surface area contributed by atoms with Crippen LogP contribution in [0.25, 0.3) is 6.08 Å². The smallest absolute Gasteiger partial charge is 0.0208 e. The monoisotopic (exact) mass is 231 g/mol. The molecule has 0 heterocycles. The van der Waals surface area contributed by atoms with Crippen molar-refractivity contribution in [2.75, 3.05) is 0 Å². The zero-order valence-corrected chi connectivity index (χ0v) is 11.6. The number of hydrogen-bond acceptors (Lipinski definition) is 0. The van der Waals surface area contributed by atoms with E-state index in [0.29, 0.717) is 11.3 Å². The van der Waals surface area contributed by atoms with Gasteiger partial charge in [-0.25, -0.2) is 7.14 Å². The van der Waals surface area contributed by atoms with Gasteiger partial charge in [0.05, 0.1) is 0 Å². The van der Waals surface area contributed by atoms with E-state index in [1.54, 1.807) is 0 Å². The Balaban J connectivity index is 2.89. The summed E-state index contributed by atoms with van der Waals surface area (Å²) < 4.78 is 0. The van der Waals surface area contributed by atoms with E-state index in [2.05, 4.69) is 63.9 Å². The predicted octanol–water partition coefficient (Wildman–Crippen LogP) is 4.58. The van der Waals surface area contributed by atoms with Crippen LogP contribution in [0.15, 0.2) is 36.1 Å². The fourth-order valence-corrected chi connectivity index (χ4v) is 4.03. The second-order valence-corrected chi connectivity index (χ2v) is 8.96. The van der Waals surface area contributed by atoms with Gasteiger partial charge in [0.1, 0.15) is 0 Å². The van der Waals surface area contributed by atoms with E-state index >= 15 is 0 Å². The molecule has 3 radical (unpaired) electrons. The maximum Gasteiger partial charge on any atom is 0.0208 e. The summed E-state index contributed by atoms with van der Waals surface area (Å²) in [6, 6.07) is 10.4. The van der Waals surface area contributed by atoms with Crippen molar-refractivity contribution in [1.82, 2.24) is 0 Å². The molecule has 1 aromatic carbocycles. The van der Waals surface area contributed by atoms with E-state index in [4.69, 9.17) is 7.57 Å². The normalized spacial score (nSPS) is 12.9. The van der Waals surface area contributed by atoms with E-state index < -0.39 is 7.14 Å². The largest absolute Gasteiger partial charge is 0.299 e. The lowest BCUT2D eigenvalue weighted by molar-refractivity contribution is 1.01. The Labute approximate surface area is 102 Å². The molecule has 0 aliphatic carbocycles. The van der Waals surface area contributed by atoms with Crippen molar-refractivity contribution in [1.29, 1.82) is 0 Å². The van der Waals surface area contributed by atoms with Gasteiger partial charge in [-0.05, 0) is 39.3 Å². The first-order valence-electron chi connectivity index (χ1n) is 5.87. The maximum atomic E-state index is 6.56. The van der Waals surface area contributed by atoms with Gasteiger partial charge in [-0.2, -0.15) is 0 Å². The highest BCUT2D eigenvalue weighted by Crippen LogP contribution is 2.64. The van der Waals surface area contributed by atoms with Crippen LogP contribution in [-0.4, -0.2) is 18.9 Å². The van der Waals surface area contributed by atoms with Crippen LogP contribution in [0.3, 0.4) is 0 Å². The molecule has 0 nitrogen and oxygen atoms in total. The van der Waals surface area contributed by atoms with Crippen molar-refractivity contribution in [3.8, 4) is 0 Å². The van der Waals surface area contributed by atoms with Gasteiger partial charge in [-0.3, -0.25) is 7.57 Å². The SMILES string of the molecule is [B-][P+](/C=C\c1ccccc1)(C(C)C)C(C)C. The molecule has 0 spiro atoms. The lowest BCUT2D eigenvalue weighted by atomic mass is 10.2. The van der Waals surface area contributed by atoms with Crippen molar-refractivity contribution < 1.29 is 0 Å². The van der Waals surface area contributed by atoms with Gasteiger partial charge in [0, 0.05) is 17.1 Å². The summed E-state index contributed by atoms with van der Waals surface area (Å²) >= 11 is 0. The number of hydrogen-bond donors (Lipinski definition) is 0.